The number of nitrogens with two attached hydrogens (primary N) is 1. The predicted molar refractivity (Wildman–Crippen MR) is 147 cm³/mol. The SMILES string of the molecule is CCCOCCCCCCCCCCCCCCC(C)(N(C)C(=O)C(N)=O)C(C)(C)C(C)(C)C(=O)O. The molecule has 0 radical (unpaired) electrons. The van der Waals surface area contributed by atoms with Gasteiger partial charge in [0.1, 0.15) is 0 Å². The van der Waals surface area contributed by atoms with Crippen molar-refractivity contribution in [2.24, 2.45) is 16.6 Å². The number of hydrogen-bond donors (Lipinski definition) is 2. The second-order valence-corrected chi connectivity index (χ2v) is 11.7. The van der Waals surface area contributed by atoms with Crippen molar-refractivity contribution < 1.29 is 24.2 Å². The third-order valence-corrected chi connectivity index (χ3v) is 8.75. The Morgan fingerprint density at radius 1 is 0.750 bits per heavy atom. The minimum absolute atomic E-state index is 0.607. The fraction of sp³-hybridized carbons (Fsp3) is 0.897. The molecule has 1 unspecified atom stereocenters. The van der Waals surface area contributed by atoms with Crippen molar-refractivity contribution in [3.05, 3.63) is 0 Å². The Kier molecular flexibility index (Phi) is 16.2. The smallest absolute Gasteiger partial charge is 0.311 e. The molecule has 7 nitrogen and oxygen atoms in total. The van der Waals surface area contributed by atoms with Crippen LogP contribution in [0.3, 0.4) is 0 Å². The molecule has 0 aromatic heterocycles. The number of rotatable bonds is 21. The Labute approximate surface area is 220 Å². The van der Waals surface area contributed by atoms with Crippen molar-refractivity contribution in [3.8, 4) is 0 Å². The summed E-state index contributed by atoms with van der Waals surface area (Å²) in [6.45, 7) is 12.9. The summed E-state index contributed by atoms with van der Waals surface area (Å²) in [5.41, 5.74) is 2.51. The van der Waals surface area contributed by atoms with Crippen molar-refractivity contribution in [1.29, 1.82) is 0 Å². The van der Waals surface area contributed by atoms with Gasteiger partial charge < -0.3 is 20.5 Å². The molecular weight excluding hydrogens is 456 g/mol. The minimum Gasteiger partial charge on any atom is -0.481 e. The van der Waals surface area contributed by atoms with E-state index in [-0.39, 0.29) is 0 Å². The lowest BCUT2D eigenvalue weighted by Gasteiger charge is -2.55. The number of nitrogens with zero attached hydrogens (tertiary/aromatic N) is 1. The normalized spacial score (nSPS) is 13.9. The molecule has 0 fully saturated rings. The van der Waals surface area contributed by atoms with Crippen LogP contribution in [0.4, 0.5) is 0 Å². The Bertz CT molecular complexity index is 662. The molecule has 7 heteroatoms. The summed E-state index contributed by atoms with van der Waals surface area (Å²) in [4.78, 5) is 37.6. The van der Waals surface area contributed by atoms with Crippen LogP contribution in [0.1, 0.15) is 131 Å². The number of ether oxygens (including phenoxy) is 1. The van der Waals surface area contributed by atoms with Crippen LogP contribution < -0.4 is 5.73 Å². The number of carbonyl (C=O) groups is 3. The van der Waals surface area contributed by atoms with E-state index in [0.29, 0.717) is 6.42 Å². The highest BCUT2D eigenvalue weighted by atomic mass is 16.5. The molecular formula is C29H56N2O5. The van der Waals surface area contributed by atoms with Gasteiger partial charge in [0, 0.05) is 31.2 Å². The highest BCUT2D eigenvalue weighted by Crippen LogP contribution is 2.51. The number of carboxylic acid groups (broad SMARTS) is 1. The maximum Gasteiger partial charge on any atom is 0.311 e. The number of hydrogen-bond acceptors (Lipinski definition) is 4. The average molecular weight is 513 g/mol. The number of unbranched alkanes of at least 4 members (excludes halogenated alkanes) is 11. The van der Waals surface area contributed by atoms with Crippen LogP contribution in [0, 0.1) is 10.8 Å². The molecule has 0 aromatic carbocycles. The van der Waals surface area contributed by atoms with Gasteiger partial charge in [-0.05, 0) is 40.0 Å². The van der Waals surface area contributed by atoms with E-state index in [1.54, 1.807) is 20.9 Å². The Morgan fingerprint density at radius 2 is 1.17 bits per heavy atom. The van der Waals surface area contributed by atoms with Gasteiger partial charge in [-0.3, -0.25) is 14.4 Å². The number of carboxylic acids is 1. The molecule has 36 heavy (non-hydrogen) atoms. The van der Waals surface area contributed by atoms with E-state index in [1.807, 2.05) is 20.8 Å². The van der Waals surface area contributed by atoms with E-state index in [1.165, 1.54) is 62.7 Å². The highest BCUT2D eigenvalue weighted by molar-refractivity contribution is 6.34. The van der Waals surface area contributed by atoms with Crippen molar-refractivity contribution in [3.63, 3.8) is 0 Å². The van der Waals surface area contributed by atoms with Crippen molar-refractivity contribution in [2.75, 3.05) is 20.3 Å². The van der Waals surface area contributed by atoms with E-state index >= 15 is 0 Å². The van der Waals surface area contributed by atoms with Crippen LogP contribution in [0.25, 0.3) is 0 Å². The molecule has 0 spiro atoms. The van der Waals surface area contributed by atoms with Gasteiger partial charge in [0.15, 0.2) is 0 Å². The highest BCUT2D eigenvalue weighted by Gasteiger charge is 2.56. The van der Waals surface area contributed by atoms with Gasteiger partial charge in [0.2, 0.25) is 0 Å². The summed E-state index contributed by atoms with van der Waals surface area (Å²) in [6.07, 6.45) is 16.0. The van der Waals surface area contributed by atoms with E-state index in [0.717, 1.165) is 38.9 Å². The van der Waals surface area contributed by atoms with Crippen LogP contribution >= 0.6 is 0 Å². The first-order valence-electron chi connectivity index (χ1n) is 14.2. The Morgan fingerprint density at radius 3 is 1.56 bits per heavy atom. The van der Waals surface area contributed by atoms with Crippen molar-refractivity contribution >= 4 is 17.8 Å². The zero-order valence-corrected chi connectivity index (χ0v) is 24.4. The maximum absolute atomic E-state index is 12.5. The molecule has 1 atom stereocenters. The summed E-state index contributed by atoms with van der Waals surface area (Å²) in [7, 11) is 1.56. The van der Waals surface area contributed by atoms with Gasteiger partial charge in [-0.25, -0.2) is 0 Å². The fourth-order valence-corrected chi connectivity index (χ4v) is 4.92. The minimum atomic E-state index is -1.11. The van der Waals surface area contributed by atoms with E-state index in [2.05, 4.69) is 6.92 Å². The van der Waals surface area contributed by atoms with Gasteiger partial charge in [0.25, 0.3) is 0 Å². The molecule has 0 aliphatic carbocycles. The molecule has 212 valence electrons. The zero-order valence-electron chi connectivity index (χ0n) is 24.4. The van der Waals surface area contributed by atoms with Crippen LogP contribution in [0.15, 0.2) is 0 Å². The molecule has 0 aliphatic rings. The number of likely N-dealkylation sites (N-methyl/N-ethyl adjacent to an activating group) is 1. The molecule has 0 saturated carbocycles. The van der Waals surface area contributed by atoms with Crippen LogP contribution in [-0.4, -0.2) is 53.6 Å². The summed E-state index contributed by atoms with van der Waals surface area (Å²) in [5, 5.41) is 9.88. The Hall–Kier alpha value is -1.63. The number of aliphatic carboxylic acids is 1. The third kappa shape index (κ3) is 10.4. The monoisotopic (exact) mass is 512 g/mol. The van der Waals surface area contributed by atoms with Crippen molar-refractivity contribution in [2.45, 2.75) is 137 Å². The molecule has 3 N–H and O–H groups in total. The molecule has 2 amide bonds. The lowest BCUT2D eigenvalue weighted by atomic mass is 9.56. The van der Waals surface area contributed by atoms with Gasteiger partial charge in [-0.1, -0.05) is 91.4 Å². The average Bonchev–Trinajstić information content (AvgIpc) is 2.82. The standard InChI is InChI=1S/C29H56N2O5/c1-8-22-36-23-20-18-16-14-12-10-9-11-13-15-17-19-21-29(6,31(7)25(33)24(30)32)28(4,5)27(2,3)26(34)35/h8-23H2,1-7H3,(H2,30,32)(H,34,35). The number of carbonyl (C=O) groups excluding carboxylic acids is 2. The number of primary amides is 1. The lowest BCUT2D eigenvalue weighted by Crippen LogP contribution is -2.64. The first-order valence-corrected chi connectivity index (χ1v) is 14.2. The predicted octanol–water partition coefficient (Wildman–Crippen LogP) is 6.32. The molecule has 0 heterocycles. The van der Waals surface area contributed by atoms with Crippen LogP contribution in [0.2, 0.25) is 0 Å². The van der Waals surface area contributed by atoms with Crippen molar-refractivity contribution in [1.82, 2.24) is 4.90 Å². The molecule has 0 aromatic rings. The van der Waals surface area contributed by atoms with Crippen LogP contribution in [-0.2, 0) is 19.1 Å². The molecule has 0 aliphatic heterocycles. The fourth-order valence-electron chi connectivity index (χ4n) is 4.92. The third-order valence-electron chi connectivity index (χ3n) is 8.75. The Balaban J connectivity index is 4.46. The van der Waals surface area contributed by atoms with E-state index in [4.69, 9.17) is 10.5 Å². The second kappa shape index (κ2) is 17.0. The van der Waals surface area contributed by atoms with E-state index < -0.39 is 34.2 Å². The summed E-state index contributed by atoms with van der Waals surface area (Å²) >= 11 is 0. The molecule has 0 rings (SSSR count). The molecule has 0 bridgehead atoms. The van der Waals surface area contributed by atoms with Gasteiger partial charge in [-0.2, -0.15) is 0 Å². The first kappa shape index (κ1) is 34.4. The second-order valence-electron chi connectivity index (χ2n) is 11.7. The summed E-state index contributed by atoms with van der Waals surface area (Å²) in [6, 6.07) is 0. The van der Waals surface area contributed by atoms with Gasteiger partial charge >= 0.3 is 17.8 Å². The lowest BCUT2D eigenvalue weighted by molar-refractivity contribution is -0.169. The van der Waals surface area contributed by atoms with Crippen LogP contribution in [0.5, 0.6) is 0 Å². The number of amides is 2. The van der Waals surface area contributed by atoms with Gasteiger partial charge in [-0.15, -0.1) is 0 Å². The summed E-state index contributed by atoms with van der Waals surface area (Å²) in [5.74, 6) is -2.73. The van der Waals surface area contributed by atoms with E-state index in [9.17, 15) is 19.5 Å². The largest absolute Gasteiger partial charge is 0.481 e. The van der Waals surface area contributed by atoms with Gasteiger partial charge in [0.05, 0.1) is 5.41 Å². The molecule has 0 saturated heterocycles. The topological polar surface area (TPSA) is 110 Å². The summed E-state index contributed by atoms with van der Waals surface area (Å²) < 4.78 is 5.51. The zero-order chi connectivity index (χ0) is 27.8. The quantitative estimate of drug-likeness (QED) is 0.138. The first-order chi connectivity index (χ1) is 16.8. The maximum atomic E-state index is 12.5.